The lowest BCUT2D eigenvalue weighted by atomic mass is 9.46. The van der Waals surface area contributed by atoms with Gasteiger partial charge in [0.1, 0.15) is 18.8 Å². The maximum atomic E-state index is 15.4. The standard InChI is InChI=1S/C24H31FO6.C5H11NO2/c1-21(2)30-19-9-14-13-8-16(25)15-7-12(27)5-6-22(15,3)20(13)17(28)10-23(14,4)24(19,31-21)18(29)11-26;1-3(2)4(6)5(7)8/h5-7,13-14,16-17,19-20,26,28H,8-11H2,1-4H3;3-4H,6H2,1-2H3,(H,7,8)/t13-,14-,16-,17-,19+,20+,22-,23-,24+;4-/m00/s1. The van der Waals surface area contributed by atoms with Crippen molar-refractivity contribution < 1.29 is 43.6 Å². The fourth-order valence-corrected chi connectivity index (χ4v) is 8.33. The zero-order valence-electron chi connectivity index (χ0n) is 23.5. The second-order valence-corrected chi connectivity index (χ2v) is 13.1. The van der Waals surface area contributed by atoms with Crippen molar-refractivity contribution >= 4 is 17.5 Å². The summed E-state index contributed by atoms with van der Waals surface area (Å²) in [5, 5.41) is 29.5. The molecule has 5 N–H and O–H groups in total. The first-order valence-corrected chi connectivity index (χ1v) is 13.7. The van der Waals surface area contributed by atoms with Crippen LogP contribution in [0.4, 0.5) is 4.39 Å². The summed E-state index contributed by atoms with van der Waals surface area (Å²) >= 11 is 0. The lowest BCUT2D eigenvalue weighted by Gasteiger charge is -2.60. The van der Waals surface area contributed by atoms with Crippen LogP contribution in [0.5, 0.6) is 0 Å². The fourth-order valence-electron chi connectivity index (χ4n) is 8.33. The van der Waals surface area contributed by atoms with Gasteiger partial charge in [0.25, 0.3) is 0 Å². The Balaban J connectivity index is 0.000000386. The van der Waals surface area contributed by atoms with Crippen molar-refractivity contribution in [2.75, 3.05) is 6.61 Å². The Morgan fingerprint density at radius 2 is 1.85 bits per heavy atom. The quantitative estimate of drug-likeness (QED) is 0.412. The molecule has 0 aromatic carbocycles. The zero-order chi connectivity index (χ0) is 29.3. The van der Waals surface area contributed by atoms with Gasteiger partial charge in [0.05, 0.1) is 12.2 Å². The van der Waals surface area contributed by atoms with Crippen LogP contribution in [0.2, 0.25) is 0 Å². The number of aliphatic carboxylic acids is 1. The molecule has 39 heavy (non-hydrogen) atoms. The fraction of sp³-hybridized carbons (Fsp3) is 0.759. The number of allylic oxidation sites excluding steroid dienone is 4. The van der Waals surface area contributed by atoms with Crippen molar-refractivity contribution in [3.05, 3.63) is 23.8 Å². The van der Waals surface area contributed by atoms with E-state index in [0.717, 1.165) is 0 Å². The lowest BCUT2D eigenvalue weighted by Crippen LogP contribution is -2.64. The summed E-state index contributed by atoms with van der Waals surface area (Å²) in [4.78, 5) is 35.1. The summed E-state index contributed by atoms with van der Waals surface area (Å²) < 4.78 is 27.9. The van der Waals surface area contributed by atoms with Crippen molar-refractivity contribution in [3.8, 4) is 0 Å². The average Bonchev–Trinajstić information content (AvgIpc) is 3.25. The number of rotatable bonds is 4. The maximum absolute atomic E-state index is 15.4. The van der Waals surface area contributed by atoms with Crippen molar-refractivity contribution in [1.82, 2.24) is 0 Å². The van der Waals surface area contributed by atoms with Crippen LogP contribution in [0.3, 0.4) is 0 Å². The van der Waals surface area contributed by atoms with Crippen LogP contribution < -0.4 is 5.73 Å². The molecule has 9 nitrogen and oxygen atoms in total. The number of aliphatic hydroxyl groups excluding tert-OH is 2. The third-order valence-electron chi connectivity index (χ3n) is 10.0. The van der Waals surface area contributed by atoms with Gasteiger partial charge in [-0.05, 0) is 68.6 Å². The Hall–Kier alpha value is -1.98. The number of halogens is 1. The van der Waals surface area contributed by atoms with Crippen LogP contribution in [-0.2, 0) is 23.9 Å². The number of carbonyl (C=O) groups excluding carboxylic acids is 2. The molecule has 1 heterocycles. The molecule has 0 amide bonds. The number of ether oxygens (including phenoxy) is 2. The summed E-state index contributed by atoms with van der Waals surface area (Å²) in [6.45, 7) is 10.2. The lowest BCUT2D eigenvalue weighted by molar-refractivity contribution is -0.226. The van der Waals surface area contributed by atoms with Crippen LogP contribution in [0.15, 0.2) is 23.8 Å². The highest BCUT2D eigenvalue weighted by molar-refractivity contribution is 6.01. The molecule has 0 radical (unpaired) electrons. The van der Waals surface area contributed by atoms with Gasteiger partial charge in [-0.2, -0.15) is 0 Å². The Labute approximate surface area is 228 Å². The van der Waals surface area contributed by atoms with Crippen LogP contribution >= 0.6 is 0 Å². The molecule has 0 bridgehead atoms. The Morgan fingerprint density at radius 3 is 2.38 bits per heavy atom. The van der Waals surface area contributed by atoms with E-state index in [9.17, 15) is 24.6 Å². The van der Waals surface area contributed by atoms with E-state index >= 15 is 4.39 Å². The Kier molecular flexibility index (Phi) is 7.56. The topological polar surface area (TPSA) is 156 Å². The normalized spacial score (nSPS) is 44.3. The highest BCUT2D eigenvalue weighted by Gasteiger charge is 2.77. The molecule has 0 aromatic rings. The third kappa shape index (κ3) is 4.43. The molecule has 5 aliphatic rings. The smallest absolute Gasteiger partial charge is 0.320 e. The van der Waals surface area contributed by atoms with Gasteiger partial charge in [-0.3, -0.25) is 14.4 Å². The molecular weight excluding hydrogens is 509 g/mol. The van der Waals surface area contributed by atoms with E-state index in [4.69, 9.17) is 20.3 Å². The summed E-state index contributed by atoms with van der Waals surface area (Å²) in [6, 6.07) is -0.713. The summed E-state index contributed by atoms with van der Waals surface area (Å²) in [5.74, 6) is -3.19. The van der Waals surface area contributed by atoms with Crippen LogP contribution in [-0.4, -0.2) is 75.3 Å². The number of carboxylic acid groups (broad SMARTS) is 1. The molecule has 0 unspecified atom stereocenters. The van der Waals surface area contributed by atoms with Gasteiger partial charge in [-0.15, -0.1) is 0 Å². The van der Waals surface area contributed by atoms with Crippen molar-refractivity contribution in [2.24, 2.45) is 40.2 Å². The van der Waals surface area contributed by atoms with E-state index in [-0.39, 0.29) is 42.3 Å². The number of hydrogen-bond acceptors (Lipinski definition) is 8. The zero-order valence-corrected chi connectivity index (χ0v) is 23.5. The minimum Gasteiger partial charge on any atom is -0.480 e. The highest BCUT2D eigenvalue weighted by atomic mass is 19.1. The predicted octanol–water partition coefficient (Wildman–Crippen LogP) is 2.33. The van der Waals surface area contributed by atoms with E-state index in [1.807, 2.05) is 13.8 Å². The van der Waals surface area contributed by atoms with Crippen LogP contribution in [0, 0.1) is 34.5 Å². The van der Waals surface area contributed by atoms with E-state index in [1.54, 1.807) is 33.8 Å². The second-order valence-electron chi connectivity index (χ2n) is 13.1. The summed E-state index contributed by atoms with van der Waals surface area (Å²) in [5.41, 5.74) is 2.66. The SMILES string of the molecule is CC(C)[C@H](N)C(=O)O.CC1(C)O[C@@H]2C[C@H]3[C@@H]4C[C@H](F)C5=CC(=O)C=C[C@]5(C)[C@H]4[C@@H](O)C[C@]3(C)[C@]2(C(=O)CO)O1. The number of alkyl halides is 1. The molecule has 10 heteroatoms. The number of Topliss-reactive ketones (excluding diaryl/α,β-unsaturated/α-hetero) is 1. The summed E-state index contributed by atoms with van der Waals surface area (Å²) in [6.07, 6.45) is 2.90. The van der Waals surface area contributed by atoms with Crippen molar-refractivity contribution in [2.45, 2.75) is 96.6 Å². The number of carboxylic acids is 1. The number of carbonyl (C=O) groups is 3. The van der Waals surface area contributed by atoms with Crippen LogP contribution in [0.25, 0.3) is 0 Å². The van der Waals surface area contributed by atoms with Gasteiger partial charge in [0.15, 0.2) is 23.0 Å². The monoisotopic (exact) mass is 551 g/mol. The molecule has 1 saturated heterocycles. The Morgan fingerprint density at radius 1 is 1.21 bits per heavy atom. The molecule has 10 atom stereocenters. The summed E-state index contributed by atoms with van der Waals surface area (Å²) in [7, 11) is 0. The average molecular weight is 552 g/mol. The number of hydrogen-bond donors (Lipinski definition) is 4. The first-order valence-electron chi connectivity index (χ1n) is 13.7. The Bertz CT molecular complexity index is 1100. The van der Waals surface area contributed by atoms with E-state index in [2.05, 4.69) is 0 Å². The largest absolute Gasteiger partial charge is 0.480 e. The number of aliphatic hydroxyl groups is 2. The van der Waals surface area contributed by atoms with E-state index < -0.39 is 65.0 Å². The molecule has 4 fully saturated rings. The van der Waals surface area contributed by atoms with Gasteiger partial charge < -0.3 is 30.5 Å². The molecular formula is C29H42FNO8. The predicted molar refractivity (Wildman–Crippen MR) is 139 cm³/mol. The van der Waals surface area contributed by atoms with Crippen LogP contribution in [0.1, 0.15) is 60.8 Å². The first kappa shape index (κ1) is 30.0. The van der Waals surface area contributed by atoms with Crippen molar-refractivity contribution in [1.29, 1.82) is 0 Å². The molecule has 3 saturated carbocycles. The third-order valence-corrected chi connectivity index (χ3v) is 10.0. The number of fused-ring (bicyclic) bond motifs is 7. The highest BCUT2D eigenvalue weighted by Crippen LogP contribution is 2.70. The van der Waals surface area contributed by atoms with E-state index in [1.165, 1.54) is 12.2 Å². The molecule has 1 aliphatic heterocycles. The number of nitrogens with two attached hydrogens (primary N) is 1. The molecule has 0 aromatic heterocycles. The minimum atomic E-state index is -1.37. The first-order chi connectivity index (χ1) is 17.9. The van der Waals surface area contributed by atoms with Gasteiger partial charge in [-0.1, -0.05) is 33.8 Å². The van der Waals surface area contributed by atoms with Gasteiger partial charge in [0, 0.05) is 16.7 Å². The maximum Gasteiger partial charge on any atom is 0.320 e. The van der Waals surface area contributed by atoms with Gasteiger partial charge in [0.2, 0.25) is 0 Å². The number of ketones is 2. The molecule has 0 spiro atoms. The minimum absolute atomic E-state index is 0.0208. The van der Waals surface area contributed by atoms with E-state index in [0.29, 0.717) is 12.0 Å². The second kappa shape index (κ2) is 9.83. The molecule has 218 valence electrons. The van der Waals surface area contributed by atoms with Crippen molar-refractivity contribution in [3.63, 3.8) is 0 Å². The molecule has 5 rings (SSSR count). The van der Waals surface area contributed by atoms with Gasteiger partial charge >= 0.3 is 5.97 Å². The molecule has 4 aliphatic carbocycles. The van der Waals surface area contributed by atoms with Gasteiger partial charge in [-0.25, -0.2) is 4.39 Å².